The highest BCUT2D eigenvalue weighted by Crippen LogP contribution is 2.33. The number of nitrogens with one attached hydrogen (secondary N) is 1. The van der Waals surface area contributed by atoms with Gasteiger partial charge in [-0.05, 0) is 36.4 Å². The summed E-state index contributed by atoms with van der Waals surface area (Å²) in [4.78, 5) is 21.2. The molecule has 2 heterocycles. The highest BCUT2D eigenvalue weighted by molar-refractivity contribution is 7.21. The Kier molecular flexibility index (Phi) is 3.87. The molecular formula is C19H13N3O2S. The molecule has 0 fully saturated rings. The number of thiazole rings is 1. The minimum absolute atomic E-state index is 0.186. The Hall–Kier alpha value is -3.25. The average molecular weight is 347 g/mol. The van der Waals surface area contributed by atoms with Gasteiger partial charge in [-0.1, -0.05) is 18.2 Å². The third-order valence-corrected chi connectivity index (χ3v) is 4.75. The minimum Gasteiger partial charge on any atom is -0.508 e. The molecule has 122 valence electrons. The molecule has 0 atom stereocenters. The number of amides is 1. The van der Waals surface area contributed by atoms with Crippen molar-refractivity contribution in [3.8, 4) is 16.3 Å². The lowest BCUT2D eigenvalue weighted by atomic mass is 10.1. The number of phenolic OH excluding ortho intramolecular Hbond substituents is 1. The van der Waals surface area contributed by atoms with Crippen LogP contribution in [0.1, 0.15) is 10.4 Å². The van der Waals surface area contributed by atoms with E-state index in [1.54, 1.807) is 48.8 Å². The molecule has 2 N–H and O–H groups in total. The molecule has 0 saturated heterocycles. The zero-order valence-electron chi connectivity index (χ0n) is 13.0. The van der Waals surface area contributed by atoms with E-state index in [1.165, 1.54) is 11.3 Å². The number of carbonyl (C=O) groups is 1. The van der Waals surface area contributed by atoms with Crippen molar-refractivity contribution in [2.24, 2.45) is 0 Å². The Labute approximate surface area is 147 Å². The van der Waals surface area contributed by atoms with Gasteiger partial charge in [0.1, 0.15) is 10.8 Å². The largest absolute Gasteiger partial charge is 0.508 e. The highest BCUT2D eigenvalue weighted by Gasteiger charge is 2.15. The minimum atomic E-state index is -0.230. The van der Waals surface area contributed by atoms with Crippen molar-refractivity contribution in [1.82, 2.24) is 9.97 Å². The molecule has 4 aromatic rings. The molecule has 4 rings (SSSR count). The maximum atomic E-state index is 12.6. The molecule has 0 saturated carbocycles. The van der Waals surface area contributed by atoms with Gasteiger partial charge in [-0.15, -0.1) is 11.3 Å². The van der Waals surface area contributed by atoms with Gasteiger partial charge in [-0.2, -0.15) is 0 Å². The summed E-state index contributed by atoms with van der Waals surface area (Å²) < 4.78 is 0.914. The first-order chi connectivity index (χ1) is 12.2. The number of para-hydroxylation sites is 1. The summed E-state index contributed by atoms with van der Waals surface area (Å²) in [5.41, 5.74) is 2.60. The van der Waals surface area contributed by atoms with Crippen LogP contribution in [0.5, 0.6) is 5.75 Å². The van der Waals surface area contributed by atoms with Gasteiger partial charge < -0.3 is 10.4 Å². The molecule has 2 aromatic carbocycles. The Morgan fingerprint density at radius 3 is 2.76 bits per heavy atom. The Balaban J connectivity index is 1.74. The van der Waals surface area contributed by atoms with Crippen LogP contribution in [0, 0.1) is 0 Å². The van der Waals surface area contributed by atoms with E-state index in [4.69, 9.17) is 0 Å². The fraction of sp³-hybridized carbons (Fsp3) is 0. The van der Waals surface area contributed by atoms with E-state index < -0.39 is 0 Å². The number of nitrogens with zero attached hydrogens (tertiary/aromatic N) is 2. The summed E-state index contributed by atoms with van der Waals surface area (Å²) in [6, 6.07) is 16.0. The number of benzene rings is 2. The third kappa shape index (κ3) is 3.07. The average Bonchev–Trinajstić information content (AvgIpc) is 3.07. The molecule has 0 aliphatic carbocycles. The quantitative estimate of drug-likeness (QED) is 0.579. The summed E-state index contributed by atoms with van der Waals surface area (Å²) in [6.07, 6.45) is 3.25. The second kappa shape index (κ2) is 6.33. The molecule has 0 aliphatic heterocycles. The molecule has 0 radical (unpaired) electrons. The van der Waals surface area contributed by atoms with Gasteiger partial charge in [-0.3, -0.25) is 9.78 Å². The molecule has 0 spiro atoms. The molecule has 5 nitrogen and oxygen atoms in total. The lowest BCUT2D eigenvalue weighted by Gasteiger charge is -2.04. The summed E-state index contributed by atoms with van der Waals surface area (Å²) in [6.45, 7) is 0. The summed E-state index contributed by atoms with van der Waals surface area (Å²) in [5, 5.41) is 13.3. The summed E-state index contributed by atoms with van der Waals surface area (Å²) in [5.74, 6) is -0.0438. The predicted molar refractivity (Wildman–Crippen MR) is 98.9 cm³/mol. The Morgan fingerprint density at radius 1 is 1.08 bits per heavy atom. The first-order valence-electron chi connectivity index (χ1n) is 7.61. The number of rotatable bonds is 3. The lowest BCUT2D eigenvalue weighted by Crippen LogP contribution is -2.12. The van der Waals surface area contributed by atoms with Crippen LogP contribution in [-0.2, 0) is 0 Å². The second-order valence-corrected chi connectivity index (χ2v) is 6.45. The zero-order valence-corrected chi connectivity index (χ0v) is 13.8. The van der Waals surface area contributed by atoms with E-state index in [0.29, 0.717) is 16.8 Å². The fourth-order valence-corrected chi connectivity index (χ4v) is 3.52. The van der Waals surface area contributed by atoms with Crippen molar-refractivity contribution < 1.29 is 9.90 Å². The van der Waals surface area contributed by atoms with Crippen molar-refractivity contribution in [2.45, 2.75) is 0 Å². The fourth-order valence-electron chi connectivity index (χ4n) is 2.53. The number of aromatic nitrogens is 2. The Morgan fingerprint density at radius 2 is 1.96 bits per heavy atom. The monoisotopic (exact) mass is 347 g/mol. The second-order valence-electron chi connectivity index (χ2n) is 5.42. The van der Waals surface area contributed by atoms with Crippen molar-refractivity contribution in [3.05, 3.63) is 72.6 Å². The zero-order chi connectivity index (χ0) is 17.2. The summed E-state index contributed by atoms with van der Waals surface area (Å²) >= 11 is 1.48. The van der Waals surface area contributed by atoms with E-state index in [-0.39, 0.29) is 11.7 Å². The van der Waals surface area contributed by atoms with Gasteiger partial charge in [-0.25, -0.2) is 4.98 Å². The van der Waals surface area contributed by atoms with Crippen LogP contribution in [0.3, 0.4) is 0 Å². The number of fused-ring (bicyclic) bond motifs is 1. The van der Waals surface area contributed by atoms with Crippen LogP contribution in [-0.4, -0.2) is 21.0 Å². The van der Waals surface area contributed by atoms with Crippen molar-refractivity contribution >= 4 is 33.1 Å². The van der Waals surface area contributed by atoms with Gasteiger partial charge in [0.25, 0.3) is 5.91 Å². The number of carbonyl (C=O) groups excluding carboxylic acids is 1. The molecule has 0 unspecified atom stereocenters. The summed E-state index contributed by atoms with van der Waals surface area (Å²) in [7, 11) is 0. The SMILES string of the molecule is O=C(Nc1cccnc1)c1cccc2sc(-c3cccc(O)c3)nc12. The van der Waals surface area contributed by atoms with E-state index in [9.17, 15) is 9.90 Å². The number of aromatic hydroxyl groups is 1. The maximum absolute atomic E-state index is 12.6. The number of hydrogen-bond donors (Lipinski definition) is 2. The number of phenols is 1. The number of anilines is 1. The van der Waals surface area contributed by atoms with Gasteiger partial charge in [0, 0.05) is 11.8 Å². The van der Waals surface area contributed by atoms with Gasteiger partial charge in [0.05, 0.1) is 27.7 Å². The van der Waals surface area contributed by atoms with Crippen LogP contribution in [0.2, 0.25) is 0 Å². The van der Waals surface area contributed by atoms with E-state index in [1.807, 2.05) is 18.2 Å². The molecular weight excluding hydrogens is 334 g/mol. The predicted octanol–water partition coefficient (Wildman–Crippen LogP) is 4.32. The normalized spacial score (nSPS) is 10.7. The van der Waals surface area contributed by atoms with Crippen LogP contribution >= 0.6 is 11.3 Å². The third-order valence-electron chi connectivity index (χ3n) is 3.68. The number of hydrogen-bond acceptors (Lipinski definition) is 5. The van der Waals surface area contributed by atoms with Gasteiger partial charge >= 0.3 is 0 Å². The van der Waals surface area contributed by atoms with E-state index in [0.717, 1.165) is 15.3 Å². The first-order valence-corrected chi connectivity index (χ1v) is 8.43. The van der Waals surface area contributed by atoms with Crippen LogP contribution < -0.4 is 5.32 Å². The molecule has 6 heteroatoms. The highest BCUT2D eigenvalue weighted by atomic mass is 32.1. The molecule has 1 amide bonds. The van der Waals surface area contributed by atoms with Crippen LogP contribution in [0.4, 0.5) is 5.69 Å². The smallest absolute Gasteiger partial charge is 0.257 e. The van der Waals surface area contributed by atoms with Crippen molar-refractivity contribution in [3.63, 3.8) is 0 Å². The lowest BCUT2D eigenvalue weighted by molar-refractivity contribution is 0.102. The number of pyridine rings is 1. The maximum Gasteiger partial charge on any atom is 0.257 e. The molecule has 0 aliphatic rings. The molecule has 25 heavy (non-hydrogen) atoms. The molecule has 2 aromatic heterocycles. The topological polar surface area (TPSA) is 75.1 Å². The standard InChI is InChI=1S/C19H13N3O2S/c23-14-6-1-4-12(10-14)19-22-17-15(7-2-8-16(17)25-19)18(24)21-13-5-3-9-20-11-13/h1-11,23H,(H,21,24). The van der Waals surface area contributed by atoms with E-state index >= 15 is 0 Å². The van der Waals surface area contributed by atoms with Crippen molar-refractivity contribution in [2.75, 3.05) is 5.32 Å². The first kappa shape index (κ1) is 15.3. The van der Waals surface area contributed by atoms with Crippen molar-refractivity contribution in [1.29, 1.82) is 0 Å². The van der Waals surface area contributed by atoms with Crippen LogP contribution in [0.15, 0.2) is 67.0 Å². The van der Waals surface area contributed by atoms with Crippen LogP contribution in [0.25, 0.3) is 20.8 Å². The van der Waals surface area contributed by atoms with Gasteiger partial charge in [0.2, 0.25) is 0 Å². The Bertz CT molecular complexity index is 1060. The van der Waals surface area contributed by atoms with Gasteiger partial charge in [0.15, 0.2) is 0 Å². The molecule has 0 bridgehead atoms. The van der Waals surface area contributed by atoms with E-state index in [2.05, 4.69) is 15.3 Å².